The number of aryl methyl sites for hydroxylation is 1. The standard InChI is InChI=1S/C34H45O7P/c1-5-6-8-15-27-21-30(35)32(29-20-25(4)16-17-28(29)24(2)3)31(22-27)40-33(36)34(18-11-12-19-34)41-42(37,38)39-23-26-13-9-7-10-14-26/h7,9-10,13-14,20-22,28-29,35H,2,5-6,8,11-12,15-19,23H2,1,3-4H3,(H,37,38)/t28-,29+/m0/s1. The Kier molecular flexibility index (Phi) is 10.9. The maximum atomic E-state index is 13.9. The summed E-state index contributed by atoms with van der Waals surface area (Å²) in [6.07, 6.45) is 9.49. The Hall–Kier alpha value is -2.70. The molecular weight excluding hydrogens is 551 g/mol. The van der Waals surface area contributed by atoms with Crippen LogP contribution in [0.5, 0.6) is 11.5 Å². The lowest BCUT2D eigenvalue weighted by molar-refractivity contribution is -0.153. The summed E-state index contributed by atoms with van der Waals surface area (Å²) < 4.78 is 30.2. The number of phosphoric acid groups is 1. The van der Waals surface area contributed by atoms with Gasteiger partial charge in [-0.2, -0.15) is 0 Å². The number of hydrogen-bond donors (Lipinski definition) is 2. The Morgan fingerprint density at radius 3 is 2.50 bits per heavy atom. The molecular formula is C34H45O7P. The highest BCUT2D eigenvalue weighted by Gasteiger charge is 2.50. The Morgan fingerprint density at radius 2 is 1.83 bits per heavy atom. The van der Waals surface area contributed by atoms with Crippen molar-refractivity contribution in [1.82, 2.24) is 0 Å². The summed E-state index contributed by atoms with van der Waals surface area (Å²) in [5.41, 5.74) is 2.69. The summed E-state index contributed by atoms with van der Waals surface area (Å²) in [6, 6.07) is 12.6. The van der Waals surface area contributed by atoms with Crippen molar-refractivity contribution in [1.29, 1.82) is 0 Å². The first-order valence-corrected chi connectivity index (χ1v) is 16.7. The maximum absolute atomic E-state index is 13.9. The lowest BCUT2D eigenvalue weighted by atomic mass is 9.73. The van der Waals surface area contributed by atoms with Gasteiger partial charge in [0.25, 0.3) is 0 Å². The van der Waals surface area contributed by atoms with Crippen LogP contribution < -0.4 is 4.74 Å². The van der Waals surface area contributed by atoms with Crippen LogP contribution in [0.15, 0.2) is 66.3 Å². The number of rotatable bonds is 13. The largest absolute Gasteiger partial charge is 0.507 e. The Morgan fingerprint density at radius 1 is 1.12 bits per heavy atom. The monoisotopic (exact) mass is 596 g/mol. The fourth-order valence-corrected chi connectivity index (χ4v) is 7.23. The molecule has 3 atom stereocenters. The predicted molar refractivity (Wildman–Crippen MR) is 164 cm³/mol. The smallest absolute Gasteiger partial charge is 0.473 e. The van der Waals surface area contributed by atoms with E-state index in [9.17, 15) is 19.4 Å². The second kappa shape index (κ2) is 14.2. The number of phosphoric ester groups is 1. The van der Waals surface area contributed by atoms with E-state index in [0.717, 1.165) is 49.7 Å². The van der Waals surface area contributed by atoms with Crippen molar-refractivity contribution in [3.63, 3.8) is 0 Å². The average molecular weight is 597 g/mol. The van der Waals surface area contributed by atoms with E-state index in [2.05, 4.69) is 26.5 Å². The fourth-order valence-electron chi connectivity index (χ4n) is 6.17. The van der Waals surface area contributed by atoms with Crippen molar-refractivity contribution in [2.45, 2.75) is 103 Å². The van der Waals surface area contributed by atoms with Crippen molar-refractivity contribution >= 4 is 13.8 Å². The van der Waals surface area contributed by atoms with Gasteiger partial charge in [-0.25, -0.2) is 9.36 Å². The number of benzene rings is 2. The number of phenolic OH excluding ortho intramolecular Hbond substituents is 1. The van der Waals surface area contributed by atoms with E-state index < -0.39 is 19.4 Å². The minimum absolute atomic E-state index is 0.0729. The van der Waals surface area contributed by atoms with Crippen molar-refractivity contribution < 1.29 is 33.1 Å². The van der Waals surface area contributed by atoms with Crippen LogP contribution in [-0.2, 0) is 31.4 Å². The molecule has 8 heteroatoms. The fraction of sp³-hybridized carbons (Fsp3) is 0.500. The molecule has 0 spiro atoms. The molecule has 2 aromatic carbocycles. The number of allylic oxidation sites excluding steroid dienone is 3. The zero-order valence-electron chi connectivity index (χ0n) is 25.1. The van der Waals surface area contributed by atoms with E-state index in [4.69, 9.17) is 13.8 Å². The van der Waals surface area contributed by atoms with Crippen molar-refractivity contribution in [3.8, 4) is 11.5 Å². The molecule has 7 nitrogen and oxygen atoms in total. The summed E-state index contributed by atoms with van der Waals surface area (Å²) in [7, 11) is -4.61. The number of carbonyl (C=O) groups excluding carboxylic acids is 1. The van der Waals surface area contributed by atoms with Gasteiger partial charge < -0.3 is 14.7 Å². The van der Waals surface area contributed by atoms with Gasteiger partial charge in [-0.1, -0.05) is 73.9 Å². The highest BCUT2D eigenvalue weighted by atomic mass is 31.2. The van der Waals surface area contributed by atoms with Gasteiger partial charge >= 0.3 is 13.8 Å². The third-order valence-corrected chi connectivity index (χ3v) is 9.51. The van der Waals surface area contributed by atoms with E-state index >= 15 is 0 Å². The zero-order chi connectivity index (χ0) is 30.3. The molecule has 2 aromatic rings. The lowest BCUT2D eigenvalue weighted by Gasteiger charge is -2.33. The van der Waals surface area contributed by atoms with Gasteiger partial charge in [0.2, 0.25) is 0 Å². The average Bonchev–Trinajstić information content (AvgIpc) is 3.41. The molecule has 4 rings (SSSR count). The van der Waals surface area contributed by atoms with Crippen LogP contribution in [0.4, 0.5) is 0 Å². The van der Waals surface area contributed by atoms with Gasteiger partial charge in [-0.3, -0.25) is 9.05 Å². The van der Waals surface area contributed by atoms with Crippen molar-refractivity contribution in [2.75, 3.05) is 0 Å². The van der Waals surface area contributed by atoms with E-state index in [-0.39, 0.29) is 42.8 Å². The first-order valence-electron chi connectivity index (χ1n) is 15.2. The number of carbonyl (C=O) groups is 1. The molecule has 1 saturated carbocycles. The van der Waals surface area contributed by atoms with Crippen LogP contribution >= 0.6 is 7.82 Å². The minimum atomic E-state index is -4.61. The van der Waals surface area contributed by atoms with Crippen LogP contribution in [0, 0.1) is 5.92 Å². The number of esters is 1. The third kappa shape index (κ3) is 8.02. The van der Waals surface area contributed by atoms with E-state index in [1.165, 1.54) is 5.57 Å². The third-order valence-electron chi connectivity index (χ3n) is 8.48. The molecule has 0 aromatic heterocycles. The number of unbranched alkanes of at least 4 members (excludes halogenated alkanes) is 2. The van der Waals surface area contributed by atoms with E-state index in [1.807, 2.05) is 31.2 Å². The molecule has 0 heterocycles. The van der Waals surface area contributed by atoms with Gasteiger partial charge in [0.1, 0.15) is 11.5 Å². The van der Waals surface area contributed by atoms with Crippen molar-refractivity contribution in [2.24, 2.45) is 5.92 Å². The van der Waals surface area contributed by atoms with Crippen LogP contribution in [-0.4, -0.2) is 21.6 Å². The summed E-state index contributed by atoms with van der Waals surface area (Å²) in [5.74, 6) is -0.547. The molecule has 2 N–H and O–H groups in total. The number of hydrogen-bond acceptors (Lipinski definition) is 6. The molecule has 0 amide bonds. The predicted octanol–water partition coefficient (Wildman–Crippen LogP) is 8.69. The van der Waals surface area contributed by atoms with Gasteiger partial charge in [0, 0.05) is 11.5 Å². The Labute approximate surface area is 250 Å². The topological polar surface area (TPSA) is 102 Å². The molecule has 0 saturated heterocycles. The van der Waals surface area contributed by atoms with Gasteiger partial charge in [0.15, 0.2) is 5.60 Å². The van der Waals surface area contributed by atoms with Crippen LogP contribution in [0.3, 0.4) is 0 Å². The highest BCUT2D eigenvalue weighted by Crippen LogP contribution is 2.53. The quantitative estimate of drug-likeness (QED) is 0.0784. The first-order chi connectivity index (χ1) is 20.0. The maximum Gasteiger partial charge on any atom is 0.473 e. The zero-order valence-corrected chi connectivity index (χ0v) is 26.0. The molecule has 0 bridgehead atoms. The normalized spacial score (nSPS) is 21.4. The van der Waals surface area contributed by atoms with Crippen LogP contribution in [0.1, 0.15) is 101 Å². The molecule has 2 aliphatic carbocycles. The number of ether oxygens (including phenoxy) is 1. The molecule has 2 aliphatic rings. The number of aromatic hydroxyl groups is 1. The second-order valence-corrected chi connectivity index (χ2v) is 13.3. The molecule has 0 radical (unpaired) electrons. The Balaban J connectivity index is 1.66. The first kappa shape index (κ1) is 32.2. The number of phenols is 1. The van der Waals surface area contributed by atoms with Crippen LogP contribution in [0.25, 0.3) is 0 Å². The summed E-state index contributed by atoms with van der Waals surface area (Å²) >= 11 is 0. The summed E-state index contributed by atoms with van der Waals surface area (Å²) in [4.78, 5) is 24.6. The highest BCUT2D eigenvalue weighted by molar-refractivity contribution is 7.47. The SMILES string of the molecule is C=C(C)[C@@H]1CCC(C)=C[C@H]1c1c(O)cc(CCCCC)cc1OC(=O)C1(OP(=O)(O)OCc2ccccc2)CCCC1. The minimum Gasteiger partial charge on any atom is -0.507 e. The Bertz CT molecular complexity index is 1330. The molecule has 1 fully saturated rings. The van der Waals surface area contributed by atoms with Crippen molar-refractivity contribution in [3.05, 3.63) is 83.0 Å². The van der Waals surface area contributed by atoms with Gasteiger partial charge in [0.05, 0.1) is 6.61 Å². The van der Waals surface area contributed by atoms with Crippen LogP contribution in [0.2, 0.25) is 0 Å². The van der Waals surface area contributed by atoms with Gasteiger partial charge in [-0.05, 0) is 94.4 Å². The molecule has 228 valence electrons. The summed E-state index contributed by atoms with van der Waals surface area (Å²) in [6.45, 7) is 10.3. The van der Waals surface area contributed by atoms with E-state index in [0.29, 0.717) is 24.0 Å². The summed E-state index contributed by atoms with van der Waals surface area (Å²) in [5, 5.41) is 11.4. The molecule has 1 unspecified atom stereocenters. The molecule has 0 aliphatic heterocycles. The molecule has 42 heavy (non-hydrogen) atoms. The van der Waals surface area contributed by atoms with Gasteiger partial charge in [-0.15, -0.1) is 0 Å². The second-order valence-electron chi connectivity index (χ2n) is 11.9. The van der Waals surface area contributed by atoms with E-state index in [1.54, 1.807) is 18.2 Å². The lowest BCUT2D eigenvalue weighted by Crippen LogP contribution is -2.41.